The van der Waals surface area contributed by atoms with Crippen molar-refractivity contribution in [1.29, 1.82) is 0 Å². The highest BCUT2D eigenvalue weighted by molar-refractivity contribution is 5.76. The average molecular weight is 439 g/mol. The molecule has 7 nitrogen and oxygen atoms in total. The fraction of sp³-hybridized carbons (Fsp3) is 0.375. The SMILES string of the molecule is COc1cc(CCC(=O)N2CCC[C@@H](c3cc(Nc4cccc(F)c4)cc(C)n3)C2)on1. The Kier molecular flexibility index (Phi) is 6.68. The number of ether oxygens (including phenoxy) is 1. The van der Waals surface area contributed by atoms with Gasteiger partial charge in [-0.2, -0.15) is 0 Å². The predicted molar refractivity (Wildman–Crippen MR) is 119 cm³/mol. The summed E-state index contributed by atoms with van der Waals surface area (Å²) in [5, 5.41) is 7.03. The van der Waals surface area contributed by atoms with E-state index in [1.165, 1.54) is 19.2 Å². The van der Waals surface area contributed by atoms with Crippen molar-refractivity contribution in [3.63, 3.8) is 0 Å². The van der Waals surface area contributed by atoms with Crippen molar-refractivity contribution >= 4 is 17.3 Å². The molecule has 0 bridgehead atoms. The van der Waals surface area contributed by atoms with E-state index in [9.17, 15) is 9.18 Å². The van der Waals surface area contributed by atoms with Gasteiger partial charge in [0, 0.05) is 60.7 Å². The van der Waals surface area contributed by atoms with E-state index in [4.69, 9.17) is 14.2 Å². The van der Waals surface area contributed by atoms with Crippen LogP contribution in [-0.4, -0.2) is 41.1 Å². The summed E-state index contributed by atoms with van der Waals surface area (Å²) < 4.78 is 23.7. The maximum atomic E-state index is 13.5. The van der Waals surface area contributed by atoms with Crippen LogP contribution < -0.4 is 10.1 Å². The Morgan fingerprint density at radius 3 is 2.94 bits per heavy atom. The predicted octanol–water partition coefficient (Wildman–Crippen LogP) is 4.61. The van der Waals surface area contributed by atoms with Crippen LogP contribution in [0.15, 0.2) is 47.0 Å². The lowest BCUT2D eigenvalue weighted by Gasteiger charge is -2.33. The first-order valence-electron chi connectivity index (χ1n) is 10.8. The molecule has 0 saturated carbocycles. The topological polar surface area (TPSA) is 80.5 Å². The number of anilines is 2. The van der Waals surface area contributed by atoms with Gasteiger partial charge in [-0.3, -0.25) is 9.78 Å². The number of amides is 1. The van der Waals surface area contributed by atoms with Crippen molar-refractivity contribution in [2.75, 3.05) is 25.5 Å². The number of carbonyl (C=O) groups excluding carboxylic acids is 1. The van der Waals surface area contributed by atoms with Gasteiger partial charge in [0.05, 0.1) is 7.11 Å². The van der Waals surface area contributed by atoms with E-state index < -0.39 is 0 Å². The summed E-state index contributed by atoms with van der Waals surface area (Å²) in [6, 6.07) is 12.0. The Morgan fingerprint density at radius 2 is 2.16 bits per heavy atom. The Hall–Kier alpha value is -3.42. The van der Waals surface area contributed by atoms with Crippen molar-refractivity contribution < 1.29 is 18.4 Å². The molecule has 4 rings (SSSR count). The molecule has 32 heavy (non-hydrogen) atoms. The van der Waals surface area contributed by atoms with Gasteiger partial charge in [-0.15, -0.1) is 0 Å². The number of benzene rings is 1. The van der Waals surface area contributed by atoms with E-state index in [0.717, 1.165) is 36.5 Å². The normalized spacial score (nSPS) is 16.1. The summed E-state index contributed by atoms with van der Waals surface area (Å²) in [4.78, 5) is 19.4. The minimum atomic E-state index is -0.286. The Morgan fingerprint density at radius 1 is 1.28 bits per heavy atom. The minimum Gasteiger partial charge on any atom is -0.479 e. The molecule has 2 aromatic heterocycles. The quantitative estimate of drug-likeness (QED) is 0.580. The summed E-state index contributed by atoms with van der Waals surface area (Å²) in [5.41, 5.74) is 3.37. The van der Waals surface area contributed by atoms with E-state index in [-0.39, 0.29) is 17.6 Å². The second kappa shape index (κ2) is 9.80. The molecule has 0 aliphatic carbocycles. The second-order valence-corrected chi connectivity index (χ2v) is 8.07. The number of hydrogen-bond acceptors (Lipinski definition) is 6. The molecule has 8 heteroatoms. The van der Waals surface area contributed by atoms with Crippen LogP contribution in [-0.2, 0) is 11.2 Å². The van der Waals surface area contributed by atoms with Crippen molar-refractivity contribution in [2.24, 2.45) is 0 Å². The van der Waals surface area contributed by atoms with Crippen LogP contribution in [0.1, 0.15) is 42.3 Å². The molecule has 1 fully saturated rings. The van der Waals surface area contributed by atoms with Crippen LogP contribution in [0.3, 0.4) is 0 Å². The fourth-order valence-electron chi connectivity index (χ4n) is 4.05. The molecule has 1 N–H and O–H groups in total. The molecule has 0 radical (unpaired) electrons. The number of aromatic nitrogens is 2. The lowest BCUT2D eigenvalue weighted by Crippen LogP contribution is -2.39. The van der Waals surface area contributed by atoms with Crippen LogP contribution in [0.2, 0.25) is 0 Å². The fourth-order valence-corrected chi connectivity index (χ4v) is 4.05. The molecule has 1 atom stereocenters. The van der Waals surface area contributed by atoms with Crippen molar-refractivity contribution in [3.8, 4) is 5.88 Å². The van der Waals surface area contributed by atoms with Gasteiger partial charge in [-0.1, -0.05) is 6.07 Å². The first-order valence-corrected chi connectivity index (χ1v) is 10.8. The molecule has 1 aliphatic heterocycles. The van der Waals surface area contributed by atoms with E-state index in [0.29, 0.717) is 36.7 Å². The molecule has 3 aromatic rings. The van der Waals surface area contributed by atoms with Gasteiger partial charge in [0.15, 0.2) is 0 Å². The van der Waals surface area contributed by atoms with Crippen molar-refractivity contribution in [2.45, 2.75) is 38.5 Å². The number of aryl methyl sites for hydroxylation is 2. The number of methoxy groups -OCH3 is 1. The van der Waals surface area contributed by atoms with Gasteiger partial charge < -0.3 is 19.5 Å². The van der Waals surface area contributed by atoms with Gasteiger partial charge in [-0.05, 0) is 55.3 Å². The molecule has 1 amide bonds. The van der Waals surface area contributed by atoms with Crippen LogP contribution in [0, 0.1) is 12.7 Å². The summed E-state index contributed by atoms with van der Waals surface area (Å²) in [5.74, 6) is 1.02. The lowest BCUT2D eigenvalue weighted by atomic mass is 9.93. The van der Waals surface area contributed by atoms with Crippen LogP contribution in [0.25, 0.3) is 0 Å². The third kappa shape index (κ3) is 5.43. The highest BCUT2D eigenvalue weighted by Gasteiger charge is 2.26. The first-order chi connectivity index (χ1) is 15.5. The van der Waals surface area contributed by atoms with E-state index in [2.05, 4.69) is 10.5 Å². The molecular formula is C24H27FN4O3. The number of piperidine rings is 1. The number of pyridine rings is 1. The third-order valence-corrected chi connectivity index (χ3v) is 5.61. The standard InChI is InChI=1S/C24H27FN4O3/c1-16-11-20(27-19-7-3-6-18(25)12-19)13-22(26-16)17-5-4-10-29(15-17)24(30)9-8-21-14-23(31-2)28-32-21/h3,6-7,11-14,17H,4-5,8-10,15H2,1-2H3,(H,26,27)/t17-/m1/s1. The zero-order valence-corrected chi connectivity index (χ0v) is 18.3. The maximum Gasteiger partial charge on any atom is 0.254 e. The van der Waals surface area contributed by atoms with Crippen LogP contribution >= 0.6 is 0 Å². The number of nitrogens with one attached hydrogen (secondary N) is 1. The summed E-state index contributed by atoms with van der Waals surface area (Å²) in [6.45, 7) is 3.32. The van der Waals surface area contributed by atoms with E-state index in [1.807, 2.05) is 30.0 Å². The zero-order valence-electron chi connectivity index (χ0n) is 18.3. The van der Waals surface area contributed by atoms with Crippen LogP contribution in [0.4, 0.5) is 15.8 Å². The van der Waals surface area contributed by atoms with Gasteiger partial charge >= 0.3 is 0 Å². The van der Waals surface area contributed by atoms with E-state index >= 15 is 0 Å². The van der Waals surface area contributed by atoms with Crippen molar-refractivity contribution in [3.05, 3.63) is 65.4 Å². The summed E-state index contributed by atoms with van der Waals surface area (Å²) in [7, 11) is 1.53. The number of nitrogens with zero attached hydrogens (tertiary/aromatic N) is 3. The molecule has 3 heterocycles. The largest absolute Gasteiger partial charge is 0.479 e. The van der Waals surface area contributed by atoms with Gasteiger partial charge in [0.2, 0.25) is 5.91 Å². The minimum absolute atomic E-state index is 0.0934. The Bertz CT molecular complexity index is 1080. The molecule has 0 unspecified atom stereocenters. The van der Waals surface area contributed by atoms with Gasteiger partial charge in [0.25, 0.3) is 5.88 Å². The molecule has 168 valence electrons. The second-order valence-electron chi connectivity index (χ2n) is 8.07. The number of carbonyl (C=O) groups is 1. The zero-order chi connectivity index (χ0) is 22.5. The van der Waals surface area contributed by atoms with Gasteiger partial charge in [0.1, 0.15) is 11.6 Å². The van der Waals surface area contributed by atoms with Crippen LogP contribution in [0.5, 0.6) is 5.88 Å². The average Bonchev–Trinajstić information content (AvgIpc) is 3.25. The number of rotatable bonds is 7. The number of likely N-dealkylation sites (tertiary alicyclic amines) is 1. The molecule has 1 saturated heterocycles. The third-order valence-electron chi connectivity index (χ3n) is 5.61. The van der Waals surface area contributed by atoms with Gasteiger partial charge in [-0.25, -0.2) is 4.39 Å². The van der Waals surface area contributed by atoms with Crippen molar-refractivity contribution in [1.82, 2.24) is 15.0 Å². The summed E-state index contributed by atoms with van der Waals surface area (Å²) in [6.07, 6.45) is 2.74. The molecule has 1 aromatic carbocycles. The molecule has 1 aliphatic rings. The number of halogens is 1. The lowest BCUT2D eigenvalue weighted by molar-refractivity contribution is -0.132. The maximum absolute atomic E-state index is 13.5. The highest BCUT2D eigenvalue weighted by atomic mass is 19.1. The molecular weight excluding hydrogens is 411 g/mol. The Balaban J connectivity index is 1.41. The van der Waals surface area contributed by atoms with E-state index in [1.54, 1.807) is 12.1 Å². The highest BCUT2D eigenvalue weighted by Crippen LogP contribution is 2.29. The smallest absolute Gasteiger partial charge is 0.254 e. The monoisotopic (exact) mass is 438 g/mol. The summed E-state index contributed by atoms with van der Waals surface area (Å²) >= 11 is 0. The Labute approximate surface area is 186 Å². The number of hydrogen-bond donors (Lipinski definition) is 1. The first kappa shape index (κ1) is 21.8. The molecule has 0 spiro atoms.